The Kier molecular flexibility index (Phi) is 8.62. The van der Waals surface area contributed by atoms with Crippen molar-refractivity contribution >= 4 is 97.1 Å². The Bertz CT molecular complexity index is 3190. The second-order valence-electron chi connectivity index (χ2n) is 15.5. The molecular weight excluding hydrogens is 796 g/mol. The maximum Gasteiger partial charge on any atom is 0.761 e. The zero-order chi connectivity index (χ0) is 41.2. The van der Waals surface area contributed by atoms with Gasteiger partial charge in [0.2, 0.25) is 0 Å². The lowest BCUT2D eigenvalue weighted by Crippen LogP contribution is -2.73. The van der Waals surface area contributed by atoms with Crippen molar-refractivity contribution in [2.75, 3.05) is 0 Å². The Labute approximate surface area is 364 Å². The summed E-state index contributed by atoms with van der Waals surface area (Å²) in [7, 11) is -3.42. The van der Waals surface area contributed by atoms with Crippen molar-refractivity contribution < 1.29 is 3.48 Å². The van der Waals surface area contributed by atoms with Crippen molar-refractivity contribution in [1.82, 2.24) is 7.43 Å². The molecule has 0 amide bonds. The molecule has 0 N–H and O–H groups in total. The molecule has 1 aromatic heterocycles. The molecule has 0 fully saturated rings. The molecule has 0 saturated carbocycles. The van der Waals surface area contributed by atoms with Crippen LogP contribution in [0.2, 0.25) is 0 Å². The Hall–Kier alpha value is -7.39. The fraction of sp³-hybridized carbons (Fsp3) is 0.0196. The smallest absolute Gasteiger partial charge is 0.656 e. The second kappa shape index (κ2) is 14.7. The molecule has 62 heavy (non-hydrogen) atoms. The normalized spacial score (nSPS) is 16.4. The van der Waals surface area contributed by atoms with Crippen LogP contribution in [0.15, 0.2) is 218 Å². The standard InChI is InChI=1S/C33H20N8.C18H15OSi.Al/c1-34-27-21-12-4-5-13-22(21)29(36-27)38-31-25-16-8-9-17-26(25)33(40-31)41-32-24-15-7-6-14-23(24)30(39-32)37-28-20-11-3-2-10-19(20)18-35-28;19-20(16-10-4-1-5-11-16,17-12-6-2-7-13-17)18-14-8-3-9-15-18;/h2-17H,1,18H2;1-15H;/q2*-2;+3/b38-29-;;. The van der Waals surface area contributed by atoms with Gasteiger partial charge in [-0.05, 0) is 12.3 Å². The van der Waals surface area contributed by atoms with E-state index in [2.05, 4.69) is 171 Å². The average molecular weight is 831 g/mol. The number of amidine groups is 5. The number of hydrogen-bond donors (Lipinski definition) is 0. The lowest BCUT2D eigenvalue weighted by Gasteiger charge is -2.50. The van der Waals surface area contributed by atoms with Gasteiger partial charge in [0, 0.05) is 45.1 Å². The van der Waals surface area contributed by atoms with E-state index in [-0.39, 0.29) is 0 Å². The van der Waals surface area contributed by atoms with Gasteiger partial charge in [-0.1, -0.05) is 188 Å². The topological polar surface area (TPSA) is 91.6 Å². The minimum Gasteiger partial charge on any atom is -0.656 e. The molecule has 0 atom stereocenters. The number of hydrogen-bond acceptors (Lipinski definition) is 7. The van der Waals surface area contributed by atoms with Crippen LogP contribution >= 0.6 is 0 Å². The predicted octanol–water partition coefficient (Wildman–Crippen LogP) is 7.81. The van der Waals surface area contributed by atoms with E-state index in [4.69, 9.17) is 28.4 Å². The molecule has 5 heterocycles. The summed E-state index contributed by atoms with van der Waals surface area (Å²) in [6.07, 6.45) is 0. The quantitative estimate of drug-likeness (QED) is 0.0973. The van der Waals surface area contributed by atoms with Gasteiger partial charge in [0.1, 0.15) is 17.5 Å². The van der Waals surface area contributed by atoms with Crippen LogP contribution in [-0.4, -0.2) is 66.6 Å². The Morgan fingerprint density at radius 3 is 1.66 bits per heavy atom. The summed E-state index contributed by atoms with van der Waals surface area (Å²) >= 11 is -3.16. The van der Waals surface area contributed by atoms with E-state index in [1.165, 1.54) is 0 Å². The van der Waals surface area contributed by atoms with Crippen molar-refractivity contribution in [3.63, 3.8) is 0 Å². The summed E-state index contributed by atoms with van der Waals surface area (Å²) in [6, 6.07) is 65.5. The molecule has 8 aromatic rings. The van der Waals surface area contributed by atoms with Crippen LogP contribution in [0.4, 0.5) is 11.6 Å². The minimum atomic E-state index is -3.42. The number of nitrogens with zero attached hydrogens (tertiary/aromatic N) is 8. The first-order valence-corrected chi connectivity index (χ1v) is 24.0. The summed E-state index contributed by atoms with van der Waals surface area (Å²) in [5, 5.41) is 5.23. The van der Waals surface area contributed by atoms with Gasteiger partial charge in [0.25, 0.3) is 0 Å². The second-order valence-corrected chi connectivity index (χ2v) is 21.3. The summed E-state index contributed by atoms with van der Waals surface area (Å²) in [5.74, 6) is 4.55. The molecule has 0 spiro atoms. The van der Waals surface area contributed by atoms with E-state index < -0.39 is 23.2 Å². The highest BCUT2D eigenvalue weighted by molar-refractivity contribution is 7.09. The third-order valence-electron chi connectivity index (χ3n) is 12.1. The summed E-state index contributed by atoms with van der Waals surface area (Å²) in [5.41, 5.74) is 5.85. The largest absolute Gasteiger partial charge is 0.761 e. The third kappa shape index (κ3) is 5.64. The maximum absolute atomic E-state index is 8.50. The molecule has 9 nitrogen and oxygen atoms in total. The Morgan fingerprint density at radius 1 is 0.516 bits per heavy atom. The van der Waals surface area contributed by atoms with E-state index in [0.29, 0.717) is 35.7 Å². The zero-order valence-corrected chi connectivity index (χ0v) is 35.5. The highest BCUT2D eigenvalue weighted by Crippen LogP contribution is 2.43. The molecule has 4 aliphatic heterocycles. The third-order valence-corrected chi connectivity index (χ3v) is 19.7. The van der Waals surface area contributed by atoms with Crippen LogP contribution in [0, 0.1) is 0 Å². The van der Waals surface area contributed by atoms with Gasteiger partial charge in [0.05, 0.1) is 8.32 Å². The van der Waals surface area contributed by atoms with Crippen molar-refractivity contribution in [2.45, 2.75) is 6.54 Å². The lowest BCUT2D eigenvalue weighted by molar-refractivity contribution is 0.471. The molecule has 0 saturated heterocycles. The molecule has 0 unspecified atom stereocenters. The van der Waals surface area contributed by atoms with Gasteiger partial charge in [-0.25, -0.2) is 30.0 Å². The molecule has 0 radical (unpaired) electrons. The van der Waals surface area contributed by atoms with Crippen LogP contribution in [-0.2, 0) is 10.0 Å². The first-order chi connectivity index (χ1) is 30.7. The molecule has 2 bridgehead atoms. The van der Waals surface area contributed by atoms with Gasteiger partial charge in [-0.2, -0.15) is 15.6 Å². The number of rotatable bonds is 6. The van der Waals surface area contributed by atoms with Crippen LogP contribution in [0.5, 0.6) is 0 Å². The minimum absolute atomic E-state index is 0.541. The highest BCUT2D eigenvalue weighted by atomic mass is 28.4. The van der Waals surface area contributed by atoms with Crippen molar-refractivity contribution in [3.05, 3.63) is 221 Å². The summed E-state index contributed by atoms with van der Waals surface area (Å²) in [4.78, 5) is 31.3. The first-order valence-electron chi connectivity index (χ1n) is 20.6. The van der Waals surface area contributed by atoms with Crippen molar-refractivity contribution in [2.24, 2.45) is 30.0 Å². The summed E-state index contributed by atoms with van der Waals surface area (Å²) in [6.45, 7) is 4.44. The number of aliphatic imine (C=N–C) groups is 6. The fourth-order valence-electron chi connectivity index (χ4n) is 9.27. The Balaban J connectivity index is 1.23. The van der Waals surface area contributed by atoms with E-state index in [0.717, 1.165) is 71.4 Å². The van der Waals surface area contributed by atoms with E-state index in [9.17, 15) is 0 Å². The van der Waals surface area contributed by atoms with Crippen LogP contribution in [0.25, 0.3) is 10.8 Å². The van der Waals surface area contributed by atoms with Gasteiger partial charge >= 0.3 is 14.9 Å². The average Bonchev–Trinajstić information content (AvgIpc) is 4.08. The first kappa shape index (κ1) is 36.5. The zero-order valence-electron chi connectivity index (χ0n) is 33.4. The van der Waals surface area contributed by atoms with Gasteiger partial charge in [-0.3, -0.25) is 0 Å². The van der Waals surface area contributed by atoms with Gasteiger partial charge in [0.15, 0.2) is 23.3 Å². The monoisotopic (exact) mass is 830 g/mol. The fourth-order valence-corrected chi connectivity index (χ4v) is 17.9. The molecule has 7 aromatic carbocycles. The lowest BCUT2D eigenvalue weighted by atomic mass is 10.1. The molecule has 293 valence electrons. The van der Waals surface area contributed by atoms with Crippen LogP contribution < -0.4 is 15.6 Å². The maximum atomic E-state index is 8.50. The van der Waals surface area contributed by atoms with Crippen molar-refractivity contribution in [3.8, 4) is 0 Å². The van der Waals surface area contributed by atoms with E-state index in [1.807, 2.05) is 36.4 Å². The SMILES string of the molecule is C=NC1=N/C(=N\c2c3ccccc3c3[n]2[Al]([O][Si-](c2ccccc2)(c2ccccc2)c2ccccc2)[N]2Cc4ccccc4C2=NC2=N/C(=N\3)c3ccccc32)c2ccccc21. The van der Waals surface area contributed by atoms with Crippen LogP contribution in [0.3, 0.4) is 0 Å². The predicted molar refractivity (Wildman–Crippen MR) is 255 cm³/mol. The highest BCUT2D eigenvalue weighted by Gasteiger charge is 2.48. The molecule has 12 rings (SSSR count). The molecule has 11 heteroatoms. The number of aromatic nitrogens is 1. The van der Waals surface area contributed by atoms with Crippen LogP contribution in [0.1, 0.15) is 33.4 Å². The summed E-state index contributed by atoms with van der Waals surface area (Å²) < 4.78 is 13.2. The van der Waals surface area contributed by atoms with E-state index in [1.54, 1.807) is 0 Å². The molecular formula is C51H35AlN8OSi-. The molecule has 0 aliphatic carbocycles. The molecule has 4 aliphatic rings. The number of benzene rings is 7. The Morgan fingerprint density at radius 2 is 1.03 bits per heavy atom. The van der Waals surface area contributed by atoms with Gasteiger partial charge in [-0.15, -0.1) is 0 Å². The van der Waals surface area contributed by atoms with Crippen molar-refractivity contribution in [1.29, 1.82) is 0 Å². The van der Waals surface area contributed by atoms with Gasteiger partial charge < -0.3 is 10.9 Å². The number of fused-ring (bicyclic) bond motifs is 11. The van der Waals surface area contributed by atoms with E-state index >= 15 is 0 Å².